The summed E-state index contributed by atoms with van der Waals surface area (Å²) >= 11 is 0. The van der Waals surface area contributed by atoms with Gasteiger partial charge in [-0.2, -0.15) is 0 Å². The van der Waals surface area contributed by atoms with Crippen LogP contribution in [0.15, 0.2) is 18.2 Å². The number of alkyl halides is 2. The lowest BCUT2D eigenvalue weighted by atomic mass is 10.1. The van der Waals surface area contributed by atoms with E-state index in [1.54, 1.807) is 0 Å². The first kappa shape index (κ1) is 10.8. The number of amides is 1. The van der Waals surface area contributed by atoms with Crippen LogP contribution in [-0.2, 0) is 4.79 Å². The molecule has 4 nitrogen and oxygen atoms in total. The first-order valence-electron chi connectivity index (χ1n) is 4.61. The molecule has 1 amide bonds. The smallest absolute Gasteiger partial charge is 0.268 e. The molecule has 0 saturated carbocycles. The number of fused-ring (bicyclic) bond motifs is 1. The number of nitrogens with one attached hydrogen (secondary N) is 1. The van der Waals surface area contributed by atoms with Gasteiger partial charge in [-0.3, -0.25) is 4.79 Å². The van der Waals surface area contributed by atoms with E-state index in [2.05, 4.69) is 5.32 Å². The Morgan fingerprint density at radius 3 is 2.88 bits per heavy atom. The van der Waals surface area contributed by atoms with Gasteiger partial charge in [-0.15, -0.1) is 0 Å². The van der Waals surface area contributed by atoms with E-state index < -0.39 is 12.5 Å². The van der Waals surface area contributed by atoms with Crippen LogP contribution in [0.4, 0.5) is 14.5 Å². The second-order valence-corrected chi connectivity index (χ2v) is 3.37. The summed E-state index contributed by atoms with van der Waals surface area (Å²) in [5, 5.41) is 11.6. The molecule has 0 spiro atoms. The summed E-state index contributed by atoms with van der Waals surface area (Å²) in [4.78, 5) is 11.0. The van der Waals surface area contributed by atoms with Crippen LogP contribution in [0.25, 0.3) is 0 Å². The van der Waals surface area contributed by atoms with Crippen LogP contribution in [0.5, 0.6) is 5.75 Å². The number of aliphatic hydroxyl groups excluding tert-OH is 1. The molecule has 1 heterocycles. The van der Waals surface area contributed by atoms with E-state index in [1.807, 2.05) is 0 Å². The third-order valence-electron chi connectivity index (χ3n) is 2.22. The van der Waals surface area contributed by atoms with Crippen molar-refractivity contribution in [3.63, 3.8) is 0 Å². The number of hydrogen-bond donors (Lipinski definition) is 2. The molecule has 0 radical (unpaired) electrons. The standard InChI is InChI=1S/C10H9F2NO3/c11-10(12)9(15)5-1-2-7-6(3-5)13-8(14)4-16-7/h1-3,9-10,15H,4H2,(H,13,14). The van der Waals surface area contributed by atoms with Gasteiger partial charge in [-0.05, 0) is 17.7 Å². The fourth-order valence-corrected chi connectivity index (χ4v) is 1.43. The monoisotopic (exact) mass is 229 g/mol. The van der Waals surface area contributed by atoms with Crippen molar-refractivity contribution in [3.8, 4) is 5.75 Å². The summed E-state index contributed by atoms with van der Waals surface area (Å²) in [5.41, 5.74) is 0.341. The Balaban J connectivity index is 2.31. The molecule has 1 aliphatic heterocycles. The van der Waals surface area contributed by atoms with E-state index in [0.29, 0.717) is 11.4 Å². The van der Waals surface area contributed by atoms with Crippen molar-refractivity contribution in [2.45, 2.75) is 12.5 Å². The first-order valence-corrected chi connectivity index (χ1v) is 4.61. The second kappa shape index (κ2) is 4.05. The molecule has 0 fully saturated rings. The molecule has 0 aromatic heterocycles. The molecule has 2 rings (SSSR count). The second-order valence-electron chi connectivity index (χ2n) is 3.37. The quantitative estimate of drug-likeness (QED) is 0.804. The molecule has 0 saturated heterocycles. The van der Waals surface area contributed by atoms with Gasteiger partial charge in [0.15, 0.2) is 6.61 Å². The van der Waals surface area contributed by atoms with Gasteiger partial charge in [-0.1, -0.05) is 6.07 Å². The lowest BCUT2D eigenvalue weighted by Gasteiger charge is -2.19. The Bertz CT molecular complexity index is 423. The Hall–Kier alpha value is -1.69. The highest BCUT2D eigenvalue weighted by atomic mass is 19.3. The van der Waals surface area contributed by atoms with Crippen molar-refractivity contribution < 1.29 is 23.4 Å². The van der Waals surface area contributed by atoms with Gasteiger partial charge in [0.1, 0.15) is 11.9 Å². The van der Waals surface area contributed by atoms with Crippen molar-refractivity contribution in [2.75, 3.05) is 11.9 Å². The van der Waals surface area contributed by atoms with Crippen molar-refractivity contribution in [1.82, 2.24) is 0 Å². The van der Waals surface area contributed by atoms with Gasteiger partial charge in [-0.25, -0.2) is 8.78 Å². The molecule has 2 N–H and O–H groups in total. The van der Waals surface area contributed by atoms with E-state index in [-0.39, 0.29) is 18.1 Å². The number of ether oxygens (including phenoxy) is 1. The largest absolute Gasteiger partial charge is 0.482 e. The van der Waals surface area contributed by atoms with Gasteiger partial charge in [0.2, 0.25) is 0 Å². The summed E-state index contributed by atoms with van der Waals surface area (Å²) < 4.78 is 29.6. The molecule has 1 aromatic rings. The van der Waals surface area contributed by atoms with Crippen LogP contribution in [-0.4, -0.2) is 24.0 Å². The number of aliphatic hydroxyl groups is 1. The van der Waals surface area contributed by atoms with Gasteiger partial charge >= 0.3 is 0 Å². The predicted molar refractivity (Wildman–Crippen MR) is 51.5 cm³/mol. The molecule has 86 valence electrons. The molecular weight excluding hydrogens is 220 g/mol. The molecule has 0 aliphatic carbocycles. The zero-order valence-corrected chi connectivity index (χ0v) is 8.11. The summed E-state index contributed by atoms with van der Waals surface area (Å²) in [7, 11) is 0. The van der Waals surface area contributed by atoms with E-state index in [4.69, 9.17) is 9.84 Å². The topological polar surface area (TPSA) is 58.6 Å². The van der Waals surface area contributed by atoms with Crippen LogP contribution in [0.3, 0.4) is 0 Å². The highest BCUT2D eigenvalue weighted by Gasteiger charge is 2.22. The van der Waals surface area contributed by atoms with Crippen LogP contribution >= 0.6 is 0 Å². The van der Waals surface area contributed by atoms with Crippen LogP contribution in [0.1, 0.15) is 11.7 Å². The lowest BCUT2D eigenvalue weighted by molar-refractivity contribution is -0.118. The van der Waals surface area contributed by atoms with Crippen molar-refractivity contribution in [1.29, 1.82) is 0 Å². The number of anilines is 1. The van der Waals surface area contributed by atoms with E-state index >= 15 is 0 Å². The number of benzene rings is 1. The third-order valence-corrected chi connectivity index (χ3v) is 2.22. The van der Waals surface area contributed by atoms with Gasteiger partial charge in [0, 0.05) is 0 Å². The maximum atomic E-state index is 12.3. The molecule has 1 aromatic carbocycles. The summed E-state index contributed by atoms with van der Waals surface area (Å²) in [6.07, 6.45) is -4.72. The minimum atomic E-state index is -2.86. The predicted octanol–water partition coefficient (Wildman–Crippen LogP) is 1.32. The number of rotatable bonds is 2. The lowest BCUT2D eigenvalue weighted by Crippen LogP contribution is -2.25. The Labute approximate surface area is 89.8 Å². The summed E-state index contributed by atoms with van der Waals surface area (Å²) in [5.74, 6) is 0.0565. The molecule has 6 heteroatoms. The maximum Gasteiger partial charge on any atom is 0.268 e. The molecular formula is C10H9F2NO3. The summed E-state index contributed by atoms with van der Waals surface area (Å²) in [6.45, 7) is -0.0935. The summed E-state index contributed by atoms with van der Waals surface area (Å²) in [6, 6.07) is 4.06. The Kier molecular flexibility index (Phi) is 2.74. The number of halogens is 2. The highest BCUT2D eigenvalue weighted by Crippen LogP contribution is 2.31. The van der Waals surface area contributed by atoms with Gasteiger partial charge < -0.3 is 15.2 Å². The Morgan fingerprint density at radius 2 is 2.19 bits per heavy atom. The molecule has 1 aliphatic rings. The van der Waals surface area contributed by atoms with E-state index in [9.17, 15) is 13.6 Å². The molecule has 1 atom stereocenters. The SMILES string of the molecule is O=C1COc2ccc(C(O)C(F)F)cc2N1. The maximum absolute atomic E-state index is 12.3. The van der Waals surface area contributed by atoms with Crippen molar-refractivity contribution >= 4 is 11.6 Å². The molecule has 16 heavy (non-hydrogen) atoms. The van der Waals surface area contributed by atoms with Crippen molar-refractivity contribution in [3.05, 3.63) is 23.8 Å². The Morgan fingerprint density at radius 1 is 1.44 bits per heavy atom. The third kappa shape index (κ3) is 1.96. The van der Waals surface area contributed by atoms with Gasteiger partial charge in [0.05, 0.1) is 5.69 Å². The van der Waals surface area contributed by atoms with Crippen molar-refractivity contribution in [2.24, 2.45) is 0 Å². The number of carbonyl (C=O) groups excluding carboxylic acids is 1. The highest BCUT2D eigenvalue weighted by molar-refractivity contribution is 5.95. The normalized spacial score (nSPS) is 16.4. The van der Waals surface area contributed by atoms with Gasteiger partial charge in [0.25, 0.3) is 12.3 Å². The van der Waals surface area contributed by atoms with Crippen LogP contribution < -0.4 is 10.1 Å². The van der Waals surface area contributed by atoms with Crippen LogP contribution in [0.2, 0.25) is 0 Å². The zero-order chi connectivity index (χ0) is 11.7. The molecule has 1 unspecified atom stereocenters. The minimum Gasteiger partial charge on any atom is -0.482 e. The fourth-order valence-electron chi connectivity index (χ4n) is 1.43. The number of hydrogen-bond acceptors (Lipinski definition) is 3. The van der Waals surface area contributed by atoms with Crippen LogP contribution in [0, 0.1) is 0 Å². The number of carbonyl (C=O) groups is 1. The van der Waals surface area contributed by atoms with E-state index in [0.717, 1.165) is 0 Å². The average Bonchev–Trinajstić information content (AvgIpc) is 2.26. The molecule has 0 bridgehead atoms. The minimum absolute atomic E-state index is 0.0413. The fraction of sp³-hybridized carbons (Fsp3) is 0.300. The zero-order valence-electron chi connectivity index (χ0n) is 8.11. The first-order chi connectivity index (χ1) is 7.58. The van der Waals surface area contributed by atoms with E-state index in [1.165, 1.54) is 18.2 Å². The average molecular weight is 229 g/mol.